The van der Waals surface area contributed by atoms with Gasteiger partial charge in [-0.2, -0.15) is 13.2 Å². The molecule has 2 aliphatic carbocycles. The fourth-order valence-corrected chi connectivity index (χ4v) is 5.21. The van der Waals surface area contributed by atoms with Crippen LogP contribution < -0.4 is 5.73 Å². The number of nitrogens with two attached hydrogens (primary N) is 1. The Bertz CT molecular complexity index is 648. The van der Waals surface area contributed by atoms with E-state index in [1.807, 2.05) is 0 Å². The molecule has 0 radical (unpaired) electrons. The molecule has 26 heavy (non-hydrogen) atoms. The lowest BCUT2D eigenvalue weighted by atomic mass is 9.65. The van der Waals surface area contributed by atoms with E-state index in [-0.39, 0.29) is 37.4 Å². The average molecular weight is 372 g/mol. The lowest BCUT2D eigenvalue weighted by molar-refractivity contribution is -0.235. The first kappa shape index (κ1) is 19.2. The molecular weight excluding hydrogens is 345 g/mol. The lowest BCUT2D eigenvalue weighted by Gasteiger charge is -2.41. The number of carbonyl (C=O) groups is 2. The summed E-state index contributed by atoms with van der Waals surface area (Å²) in [5.74, 6) is -0.921. The summed E-state index contributed by atoms with van der Waals surface area (Å²) in [4.78, 5) is 26.6. The highest BCUT2D eigenvalue weighted by Gasteiger charge is 2.62. The maximum atomic E-state index is 13.8. The molecule has 1 atom stereocenters. The molecule has 0 aromatic heterocycles. The molecule has 146 valence electrons. The van der Waals surface area contributed by atoms with Gasteiger partial charge >= 0.3 is 6.18 Å². The van der Waals surface area contributed by atoms with Crippen molar-refractivity contribution in [1.29, 1.82) is 0 Å². The van der Waals surface area contributed by atoms with Gasteiger partial charge in [-0.15, -0.1) is 0 Å². The topological polar surface area (TPSA) is 63.4 Å². The summed E-state index contributed by atoms with van der Waals surface area (Å²) in [5, 5.41) is 0. The third kappa shape index (κ3) is 2.93. The first-order valence-electron chi connectivity index (χ1n) is 9.32. The van der Waals surface area contributed by atoms with Crippen LogP contribution in [0.2, 0.25) is 0 Å². The molecule has 0 aromatic rings. The first-order chi connectivity index (χ1) is 11.9. The zero-order chi connectivity index (χ0) is 19.4. The fraction of sp³-hybridized carbons (Fsp3) is 0.789. The molecular formula is C19H27F3N2O2. The van der Waals surface area contributed by atoms with Gasteiger partial charge < -0.3 is 10.6 Å². The average Bonchev–Trinajstić information content (AvgIpc) is 2.94. The Hall–Kier alpha value is -1.53. The van der Waals surface area contributed by atoms with E-state index in [4.69, 9.17) is 5.73 Å². The van der Waals surface area contributed by atoms with Gasteiger partial charge in [-0.05, 0) is 31.8 Å². The van der Waals surface area contributed by atoms with Gasteiger partial charge in [0, 0.05) is 23.9 Å². The monoisotopic (exact) mass is 372 g/mol. The number of carbonyl (C=O) groups excluding carboxylic acids is 2. The molecule has 1 saturated heterocycles. The summed E-state index contributed by atoms with van der Waals surface area (Å²) in [5.41, 5.74) is 2.65. The number of allylic oxidation sites excluding steroid dienone is 1. The van der Waals surface area contributed by atoms with E-state index in [0.717, 1.165) is 6.42 Å². The van der Waals surface area contributed by atoms with Crippen molar-refractivity contribution in [3.8, 4) is 0 Å². The first-order valence-corrected chi connectivity index (χ1v) is 9.32. The molecule has 1 unspecified atom stereocenters. The Kier molecular flexibility index (Phi) is 4.43. The minimum absolute atomic E-state index is 0.124. The number of amides is 1. The summed E-state index contributed by atoms with van der Waals surface area (Å²) in [6, 6.07) is 0. The number of hydrogen-bond acceptors (Lipinski definition) is 3. The zero-order valence-electron chi connectivity index (χ0n) is 15.4. The summed E-state index contributed by atoms with van der Waals surface area (Å²) < 4.78 is 41.5. The second-order valence-electron chi connectivity index (χ2n) is 8.97. The third-order valence-electron chi connectivity index (χ3n) is 6.46. The van der Waals surface area contributed by atoms with Gasteiger partial charge in [-0.25, -0.2) is 0 Å². The molecule has 0 aromatic carbocycles. The highest BCUT2D eigenvalue weighted by molar-refractivity contribution is 5.99. The fourth-order valence-electron chi connectivity index (χ4n) is 5.21. The molecule has 1 heterocycles. The molecule has 2 N–H and O–H groups in total. The van der Waals surface area contributed by atoms with Gasteiger partial charge in [0.15, 0.2) is 5.78 Å². The Morgan fingerprint density at radius 1 is 1.15 bits per heavy atom. The van der Waals surface area contributed by atoms with Crippen molar-refractivity contribution in [2.45, 2.75) is 65.0 Å². The van der Waals surface area contributed by atoms with Crippen LogP contribution in [0.5, 0.6) is 0 Å². The number of alkyl halides is 3. The van der Waals surface area contributed by atoms with Crippen LogP contribution in [0.4, 0.5) is 13.2 Å². The van der Waals surface area contributed by atoms with E-state index in [1.165, 1.54) is 4.90 Å². The van der Waals surface area contributed by atoms with Gasteiger partial charge in [0.05, 0.1) is 5.70 Å². The smallest absolute Gasteiger partial charge is 0.396 e. The molecule has 0 bridgehead atoms. The SMILES string of the molecule is CC1(C)CC2(C=C(N)C1=O)CCN(C(=O)C1(C(F)(F)F)CCCCC1)C2. The molecule has 2 fully saturated rings. The maximum absolute atomic E-state index is 13.8. The van der Waals surface area contributed by atoms with Crippen molar-refractivity contribution < 1.29 is 22.8 Å². The van der Waals surface area contributed by atoms with E-state index < -0.39 is 28.3 Å². The van der Waals surface area contributed by atoms with Crippen molar-refractivity contribution in [3.05, 3.63) is 11.8 Å². The van der Waals surface area contributed by atoms with E-state index in [2.05, 4.69) is 0 Å². The number of Topliss-reactive ketones (excluding diaryl/α,β-unsaturated/α-hetero) is 1. The van der Waals surface area contributed by atoms with E-state index in [1.54, 1.807) is 19.9 Å². The van der Waals surface area contributed by atoms with E-state index in [9.17, 15) is 22.8 Å². The summed E-state index contributed by atoms with van der Waals surface area (Å²) in [6.45, 7) is 4.10. The third-order valence-corrected chi connectivity index (χ3v) is 6.46. The number of halogens is 3. The van der Waals surface area contributed by atoms with E-state index in [0.29, 0.717) is 25.7 Å². The summed E-state index contributed by atoms with van der Waals surface area (Å²) in [6.07, 6.45) is -0.443. The van der Waals surface area contributed by atoms with Crippen molar-refractivity contribution >= 4 is 11.7 Å². The minimum Gasteiger partial charge on any atom is -0.396 e. The number of likely N-dealkylation sites (tertiary alicyclic amines) is 1. The number of nitrogens with zero attached hydrogens (tertiary/aromatic N) is 1. The molecule has 4 nitrogen and oxygen atoms in total. The van der Waals surface area contributed by atoms with E-state index >= 15 is 0 Å². The van der Waals surface area contributed by atoms with Gasteiger partial charge in [0.25, 0.3) is 0 Å². The quantitative estimate of drug-likeness (QED) is 0.765. The van der Waals surface area contributed by atoms with Crippen LogP contribution in [0.3, 0.4) is 0 Å². The molecule has 1 aliphatic heterocycles. The predicted octanol–water partition coefficient (Wildman–Crippen LogP) is 3.56. The highest BCUT2D eigenvalue weighted by Crippen LogP contribution is 2.53. The predicted molar refractivity (Wildman–Crippen MR) is 90.9 cm³/mol. The summed E-state index contributed by atoms with van der Waals surface area (Å²) >= 11 is 0. The van der Waals surface area contributed by atoms with Crippen LogP contribution in [-0.2, 0) is 9.59 Å². The summed E-state index contributed by atoms with van der Waals surface area (Å²) in [7, 11) is 0. The number of rotatable bonds is 1. The van der Waals surface area contributed by atoms with Crippen LogP contribution in [0, 0.1) is 16.2 Å². The number of hydrogen-bond donors (Lipinski definition) is 1. The van der Waals surface area contributed by atoms with Gasteiger partial charge in [-0.1, -0.05) is 33.1 Å². The highest BCUT2D eigenvalue weighted by atomic mass is 19.4. The molecule has 3 rings (SSSR count). The van der Waals surface area contributed by atoms with Crippen LogP contribution >= 0.6 is 0 Å². The second kappa shape index (κ2) is 5.99. The lowest BCUT2D eigenvalue weighted by Crippen LogP contribution is -2.53. The van der Waals surface area contributed by atoms with Crippen LogP contribution in [0.15, 0.2) is 11.8 Å². The van der Waals surface area contributed by atoms with Crippen LogP contribution in [0.1, 0.15) is 58.8 Å². The van der Waals surface area contributed by atoms with Crippen molar-refractivity contribution in [2.75, 3.05) is 13.1 Å². The Morgan fingerprint density at radius 2 is 1.77 bits per heavy atom. The molecule has 1 spiro atoms. The molecule has 1 amide bonds. The standard InChI is InChI=1S/C19H27F3N2O2/c1-16(2)11-17(10-13(23)14(16)25)8-9-24(12-17)15(26)18(19(20,21)22)6-4-3-5-7-18/h10H,3-9,11-12,23H2,1-2H3. The normalized spacial score (nSPS) is 31.2. The maximum Gasteiger partial charge on any atom is 0.403 e. The van der Waals surface area contributed by atoms with Gasteiger partial charge in [0.1, 0.15) is 5.41 Å². The molecule has 7 heteroatoms. The van der Waals surface area contributed by atoms with Crippen LogP contribution in [-0.4, -0.2) is 35.9 Å². The Morgan fingerprint density at radius 3 is 2.31 bits per heavy atom. The van der Waals surface area contributed by atoms with Gasteiger partial charge in [0.2, 0.25) is 5.91 Å². The van der Waals surface area contributed by atoms with Crippen molar-refractivity contribution in [3.63, 3.8) is 0 Å². The Labute approximate surface area is 152 Å². The zero-order valence-corrected chi connectivity index (χ0v) is 15.4. The van der Waals surface area contributed by atoms with Crippen LogP contribution in [0.25, 0.3) is 0 Å². The largest absolute Gasteiger partial charge is 0.403 e. The second-order valence-corrected chi connectivity index (χ2v) is 8.97. The van der Waals surface area contributed by atoms with Gasteiger partial charge in [-0.3, -0.25) is 9.59 Å². The minimum atomic E-state index is -4.53. The van der Waals surface area contributed by atoms with Crippen molar-refractivity contribution in [2.24, 2.45) is 22.0 Å². The Balaban J connectivity index is 1.86. The number of ketones is 1. The molecule has 1 saturated carbocycles. The molecule has 3 aliphatic rings. The van der Waals surface area contributed by atoms with Crippen molar-refractivity contribution in [1.82, 2.24) is 4.90 Å².